The zero-order chi connectivity index (χ0) is 34.4. The molecule has 5 heteroatoms. The van der Waals surface area contributed by atoms with Crippen LogP contribution >= 0.6 is 23.5 Å². The van der Waals surface area contributed by atoms with Crippen molar-refractivity contribution in [2.45, 2.75) is 184 Å². The molecule has 2 aliphatic carbocycles. The van der Waals surface area contributed by atoms with Crippen molar-refractivity contribution in [2.24, 2.45) is 56.7 Å². The molecule has 4 unspecified atom stereocenters. The average molecular weight is 655 g/mol. The van der Waals surface area contributed by atoms with Crippen molar-refractivity contribution in [2.75, 3.05) is 0 Å². The number of carbonyl (C=O) groups excluding carboxylic acids is 1. The van der Waals surface area contributed by atoms with E-state index in [-0.39, 0.29) is 43.9 Å². The summed E-state index contributed by atoms with van der Waals surface area (Å²) in [5.74, 6) is 1.64. The number of carbonyl (C=O) groups is 1. The number of aliphatic hydroxyl groups excluding tert-OH is 1. The summed E-state index contributed by atoms with van der Waals surface area (Å²) in [5.41, 5.74) is -0.247. The summed E-state index contributed by atoms with van der Waals surface area (Å²) < 4.78 is 6.71. The van der Waals surface area contributed by atoms with Gasteiger partial charge in [-0.15, -0.1) is 23.5 Å². The number of aliphatic hydroxyl groups is 1. The van der Waals surface area contributed by atoms with E-state index in [1.807, 2.05) is 0 Å². The Kier molecular flexibility index (Phi) is 12.8. The van der Waals surface area contributed by atoms with Crippen LogP contribution in [0, 0.1) is 56.7 Å². The van der Waals surface area contributed by atoms with Crippen LogP contribution in [-0.4, -0.2) is 37.9 Å². The van der Waals surface area contributed by atoms with E-state index in [0.29, 0.717) is 40.1 Å². The Morgan fingerprint density at radius 1 is 0.636 bits per heavy atom. The van der Waals surface area contributed by atoms with Crippen molar-refractivity contribution in [3.8, 4) is 0 Å². The van der Waals surface area contributed by atoms with Crippen LogP contribution in [-0.2, 0) is 9.53 Å². The van der Waals surface area contributed by atoms with E-state index in [1.54, 1.807) is 0 Å². The molecule has 0 amide bonds. The minimum absolute atomic E-state index is 0.0250. The maximum Gasteiger partial charge on any atom is 0.311 e. The summed E-state index contributed by atoms with van der Waals surface area (Å²) in [4.78, 5) is 13.7. The molecular formula is C39H74O3S2. The van der Waals surface area contributed by atoms with Gasteiger partial charge in [0.1, 0.15) is 6.10 Å². The lowest BCUT2D eigenvalue weighted by atomic mass is 9.61. The molecule has 0 aromatic heterocycles. The van der Waals surface area contributed by atoms with Crippen LogP contribution < -0.4 is 0 Å². The Morgan fingerprint density at radius 2 is 0.955 bits per heavy atom. The third kappa shape index (κ3) is 10.8. The molecule has 0 aliphatic heterocycles. The van der Waals surface area contributed by atoms with Crippen LogP contribution in [0.5, 0.6) is 0 Å². The van der Waals surface area contributed by atoms with Crippen LogP contribution in [0.25, 0.3) is 0 Å². The van der Waals surface area contributed by atoms with Gasteiger partial charge in [-0.2, -0.15) is 0 Å². The molecule has 3 nitrogen and oxygen atoms in total. The molecule has 0 aromatic carbocycles. The number of esters is 1. The van der Waals surface area contributed by atoms with Crippen molar-refractivity contribution >= 4 is 29.5 Å². The Morgan fingerprint density at radius 3 is 1.25 bits per heavy atom. The molecule has 260 valence electrons. The second-order valence-corrected chi connectivity index (χ2v) is 24.7. The zero-order valence-electron chi connectivity index (χ0n) is 32.3. The molecule has 2 fully saturated rings. The Balaban J connectivity index is 2.34. The fourth-order valence-corrected chi connectivity index (χ4v) is 12.3. The molecule has 0 saturated heterocycles. The molecule has 0 spiro atoms. The van der Waals surface area contributed by atoms with Crippen LogP contribution in [0.1, 0.15) is 157 Å². The monoisotopic (exact) mass is 655 g/mol. The summed E-state index contributed by atoms with van der Waals surface area (Å²) in [6.45, 7) is 41.3. The number of hydrogen-bond acceptors (Lipinski definition) is 5. The molecule has 2 rings (SSSR count). The molecule has 2 aliphatic rings. The minimum atomic E-state index is -0.479. The van der Waals surface area contributed by atoms with Crippen molar-refractivity contribution < 1.29 is 14.6 Å². The van der Waals surface area contributed by atoms with Gasteiger partial charge < -0.3 is 9.84 Å². The number of hydrogen-bond donors (Lipinski definition) is 1. The van der Waals surface area contributed by atoms with Gasteiger partial charge in [-0.25, -0.2) is 0 Å². The number of ether oxygens (including phenoxy) is 1. The molecule has 0 radical (unpaired) electrons. The summed E-state index contributed by atoms with van der Waals surface area (Å²) in [7, 11) is 0. The van der Waals surface area contributed by atoms with E-state index in [4.69, 9.17) is 4.74 Å². The fourth-order valence-electron chi connectivity index (χ4n) is 8.43. The van der Waals surface area contributed by atoms with Crippen LogP contribution in [0.3, 0.4) is 0 Å². The first-order valence-electron chi connectivity index (χ1n) is 17.7. The predicted molar refractivity (Wildman–Crippen MR) is 196 cm³/mol. The second kappa shape index (κ2) is 13.9. The molecule has 1 N–H and O–H groups in total. The molecule has 44 heavy (non-hydrogen) atoms. The van der Waals surface area contributed by atoms with E-state index in [1.165, 1.54) is 0 Å². The van der Waals surface area contributed by atoms with Gasteiger partial charge in [0.05, 0.1) is 15.6 Å². The smallest absolute Gasteiger partial charge is 0.311 e. The zero-order valence-corrected chi connectivity index (χ0v) is 33.9. The maximum atomic E-state index is 13.7. The van der Waals surface area contributed by atoms with Crippen LogP contribution in [0.15, 0.2) is 0 Å². The van der Waals surface area contributed by atoms with Gasteiger partial charge in [0.25, 0.3) is 0 Å². The summed E-state index contributed by atoms with van der Waals surface area (Å²) in [6.07, 6.45) is 4.84. The van der Waals surface area contributed by atoms with E-state index in [9.17, 15) is 9.90 Å². The van der Waals surface area contributed by atoms with Crippen molar-refractivity contribution in [1.29, 1.82) is 0 Å². The largest absolute Gasteiger partial charge is 0.461 e. The van der Waals surface area contributed by atoms with E-state index in [2.05, 4.69) is 148 Å². The first kappa shape index (κ1) is 40.3. The lowest BCUT2D eigenvalue weighted by molar-refractivity contribution is -0.177. The van der Waals surface area contributed by atoms with Crippen LogP contribution in [0.4, 0.5) is 0 Å². The van der Waals surface area contributed by atoms with Crippen molar-refractivity contribution in [1.82, 2.24) is 0 Å². The Hall–Kier alpha value is 0.130. The molecular weight excluding hydrogens is 581 g/mol. The summed E-state index contributed by atoms with van der Waals surface area (Å²) in [5, 5.41) is 12.6. The van der Waals surface area contributed by atoms with E-state index < -0.39 is 5.41 Å². The highest BCUT2D eigenvalue weighted by Gasteiger charge is 2.52. The number of thioether (sulfide) groups is 2. The van der Waals surface area contributed by atoms with Crippen molar-refractivity contribution in [3.05, 3.63) is 0 Å². The molecule has 0 aromatic rings. The standard InChI is InChI=1S/C39H74O3S2/c1-24(2)23-38(15,16)33(41)42-32-29(36(9,10)11)21-26(22-30(32)37(12,13)14)44-39(17,18)43-25-19-27(34(3,4)5)31(40)28(20-25)35(6,7)8/h24-32,40H,19-23H2,1-18H3. The van der Waals surface area contributed by atoms with E-state index >= 15 is 0 Å². The average Bonchev–Trinajstić information content (AvgIpc) is 2.76. The quantitative estimate of drug-likeness (QED) is 0.208. The second-order valence-electron chi connectivity index (χ2n) is 20.6. The highest BCUT2D eigenvalue weighted by Crippen LogP contribution is 2.57. The third-order valence-corrected chi connectivity index (χ3v) is 13.9. The van der Waals surface area contributed by atoms with Gasteiger partial charge in [-0.3, -0.25) is 4.79 Å². The molecule has 0 bridgehead atoms. The number of rotatable bonds is 8. The Bertz CT molecular complexity index is 892. The Labute approximate surface area is 283 Å². The first-order valence-corrected chi connectivity index (χ1v) is 19.5. The SMILES string of the molecule is CC(C)CC(C)(C)C(=O)OC1C(C(C)(C)C)CC(SC(C)(C)SC2CC(C(C)(C)C)C(O)C(C(C)(C)C)C2)CC1C(C)(C)C. The normalized spacial score (nSPS) is 31.7. The van der Waals surface area contributed by atoms with E-state index in [0.717, 1.165) is 32.1 Å². The summed E-state index contributed by atoms with van der Waals surface area (Å²) in [6, 6.07) is 0. The van der Waals surface area contributed by atoms with Gasteiger partial charge >= 0.3 is 5.97 Å². The fraction of sp³-hybridized carbons (Fsp3) is 0.974. The summed E-state index contributed by atoms with van der Waals surface area (Å²) >= 11 is 4.33. The maximum absolute atomic E-state index is 13.7. The lowest BCUT2D eigenvalue weighted by Crippen LogP contribution is -2.52. The van der Waals surface area contributed by atoms with Crippen molar-refractivity contribution in [3.63, 3.8) is 0 Å². The predicted octanol–water partition coefficient (Wildman–Crippen LogP) is 11.5. The molecule has 2 saturated carbocycles. The molecule has 0 heterocycles. The molecule has 4 atom stereocenters. The van der Waals surface area contributed by atoms with Gasteiger partial charge in [0, 0.05) is 22.3 Å². The van der Waals surface area contributed by atoms with Gasteiger partial charge in [0.2, 0.25) is 0 Å². The lowest BCUT2D eigenvalue weighted by Gasteiger charge is -2.52. The highest BCUT2D eigenvalue weighted by molar-refractivity contribution is 8.18. The van der Waals surface area contributed by atoms with Gasteiger partial charge in [0.15, 0.2) is 0 Å². The van der Waals surface area contributed by atoms with Gasteiger partial charge in [-0.1, -0.05) is 96.9 Å². The third-order valence-electron chi connectivity index (χ3n) is 10.7. The van der Waals surface area contributed by atoms with Gasteiger partial charge in [-0.05, 0) is 99.2 Å². The minimum Gasteiger partial charge on any atom is -0.461 e. The van der Waals surface area contributed by atoms with Crippen LogP contribution in [0.2, 0.25) is 0 Å². The highest BCUT2D eigenvalue weighted by atomic mass is 32.2. The topological polar surface area (TPSA) is 46.5 Å². The first-order chi connectivity index (χ1) is 19.5.